The number of nitrogens with one attached hydrogen (secondary N) is 7. The van der Waals surface area contributed by atoms with Crippen LogP contribution < -0.4 is 37.2 Å². The molecule has 312 valence electrons. The van der Waals surface area contributed by atoms with E-state index in [0.29, 0.717) is 26.4 Å². The van der Waals surface area contributed by atoms with Crippen LogP contribution in [0.15, 0.2) is 12.2 Å². The summed E-state index contributed by atoms with van der Waals surface area (Å²) in [5, 5.41) is 16.6. The lowest BCUT2D eigenvalue weighted by atomic mass is 9.92. The molecule has 2 heterocycles. The van der Waals surface area contributed by atoms with Crippen LogP contribution in [0, 0.1) is 0 Å². The number of carbonyl (C=O) groups is 10. The molecule has 0 aromatic heterocycles. The van der Waals surface area contributed by atoms with Crippen molar-refractivity contribution in [1.82, 2.24) is 42.1 Å². The van der Waals surface area contributed by atoms with Crippen molar-refractivity contribution in [2.24, 2.45) is 0 Å². The quantitative estimate of drug-likeness (QED) is 0.0263. The van der Waals surface area contributed by atoms with E-state index in [2.05, 4.69) is 37.2 Å². The third-order valence-electron chi connectivity index (χ3n) is 7.60. The second-order valence-corrected chi connectivity index (χ2v) is 12.0. The monoisotopic (exact) mass is 798 g/mol. The minimum Gasteiger partial charge on any atom is -0.379 e. The van der Waals surface area contributed by atoms with Crippen molar-refractivity contribution in [3.8, 4) is 0 Å². The van der Waals surface area contributed by atoms with E-state index >= 15 is 0 Å². The van der Waals surface area contributed by atoms with Gasteiger partial charge in [0.05, 0.1) is 98.8 Å². The number of ketones is 1. The Hall–Kier alpha value is -5.36. The summed E-state index contributed by atoms with van der Waals surface area (Å²) in [6.45, 7) is 1.55. The van der Waals surface area contributed by atoms with E-state index in [1.807, 2.05) is 0 Å². The summed E-state index contributed by atoms with van der Waals surface area (Å²) in [7, 11) is 0. The Morgan fingerprint density at radius 1 is 0.554 bits per heavy atom. The molecule has 56 heavy (non-hydrogen) atoms. The van der Waals surface area contributed by atoms with Crippen molar-refractivity contribution in [2.75, 3.05) is 112 Å². The van der Waals surface area contributed by atoms with Crippen LogP contribution in [-0.4, -0.2) is 181 Å². The van der Waals surface area contributed by atoms with E-state index in [0.717, 1.165) is 17.1 Å². The van der Waals surface area contributed by atoms with Crippen LogP contribution in [0.3, 0.4) is 0 Å². The average Bonchev–Trinajstić information content (AvgIpc) is 3.47. The van der Waals surface area contributed by atoms with Gasteiger partial charge in [-0.25, -0.2) is 0 Å². The highest BCUT2D eigenvalue weighted by Crippen LogP contribution is 2.17. The molecule has 1 fully saturated rings. The normalized spacial score (nSPS) is 14.0. The Morgan fingerprint density at radius 3 is 1.38 bits per heavy atom. The van der Waals surface area contributed by atoms with Gasteiger partial charge in [0.1, 0.15) is 5.54 Å². The van der Waals surface area contributed by atoms with Crippen LogP contribution in [0.1, 0.15) is 19.8 Å². The molecule has 0 bridgehead atoms. The van der Waals surface area contributed by atoms with Crippen LogP contribution in [0.25, 0.3) is 0 Å². The number of carbonyl (C=O) groups excluding carboxylic acids is 10. The first-order chi connectivity index (χ1) is 26.8. The summed E-state index contributed by atoms with van der Waals surface area (Å²) in [6.07, 6.45) is 2.31. The topological polar surface area (TPSA) is 304 Å². The highest BCUT2D eigenvalue weighted by molar-refractivity contribution is 6.13. The Morgan fingerprint density at radius 2 is 0.946 bits per heavy atom. The largest absolute Gasteiger partial charge is 0.379 e. The standard InChI is InChI=1S/C33H50N8O15/c1-23(42)33(21-56-22-33)40-30(49)20-39-29(48)19-38-28(47)18-37-27(46)17-36-26(45)16-35-25(44)5-8-52-10-12-54-14-15-55-13-11-53-9-6-34-24(43)4-7-41-31(50)2-3-32(41)51/h2-3H,4-22H2,1H3,(H,34,43)(H,35,44)(H,36,45)(H,37,46)(H,38,47)(H,39,48)(H,40,49). The number of amides is 9. The van der Waals surface area contributed by atoms with Gasteiger partial charge in [0.2, 0.25) is 41.4 Å². The Labute approximate surface area is 322 Å². The van der Waals surface area contributed by atoms with Gasteiger partial charge in [-0.05, 0) is 6.92 Å². The lowest BCUT2D eigenvalue weighted by molar-refractivity contribution is -0.150. The zero-order valence-electron chi connectivity index (χ0n) is 31.2. The molecular formula is C33H50N8O15. The fourth-order valence-electron chi connectivity index (χ4n) is 4.36. The number of rotatable bonds is 30. The number of imide groups is 1. The molecule has 7 N–H and O–H groups in total. The summed E-state index contributed by atoms with van der Waals surface area (Å²) in [4.78, 5) is 119. The van der Waals surface area contributed by atoms with E-state index in [9.17, 15) is 47.9 Å². The van der Waals surface area contributed by atoms with Gasteiger partial charge in [-0.2, -0.15) is 0 Å². The average molecular weight is 799 g/mol. The van der Waals surface area contributed by atoms with Crippen molar-refractivity contribution in [2.45, 2.75) is 25.3 Å². The smallest absolute Gasteiger partial charge is 0.253 e. The maximum atomic E-state index is 12.0. The fraction of sp³-hybridized carbons (Fsp3) is 0.636. The molecule has 2 aliphatic heterocycles. The summed E-state index contributed by atoms with van der Waals surface area (Å²) in [6, 6.07) is 0. The lowest BCUT2D eigenvalue weighted by Gasteiger charge is -2.39. The molecule has 0 saturated carbocycles. The third-order valence-corrected chi connectivity index (χ3v) is 7.60. The van der Waals surface area contributed by atoms with Gasteiger partial charge in [-0.1, -0.05) is 0 Å². The maximum absolute atomic E-state index is 12.0. The van der Waals surface area contributed by atoms with Crippen LogP contribution in [0.5, 0.6) is 0 Å². The predicted octanol–water partition coefficient (Wildman–Crippen LogP) is -6.07. The van der Waals surface area contributed by atoms with Crippen molar-refractivity contribution in [3.05, 3.63) is 12.2 Å². The second-order valence-electron chi connectivity index (χ2n) is 12.0. The number of nitrogens with zero attached hydrogens (tertiary/aromatic N) is 1. The van der Waals surface area contributed by atoms with Crippen LogP contribution in [0.4, 0.5) is 0 Å². The lowest BCUT2D eigenvalue weighted by Crippen LogP contribution is -2.67. The van der Waals surface area contributed by atoms with Crippen molar-refractivity contribution in [1.29, 1.82) is 0 Å². The SMILES string of the molecule is CC(=O)C1(NC(=O)CNC(=O)CNC(=O)CNC(=O)CNC(=O)CNC(=O)CCOCCOCCOCCOCCNC(=O)CCN2C(=O)C=CC2=O)COC1. The molecule has 23 heteroatoms. The van der Waals surface area contributed by atoms with E-state index in [-0.39, 0.29) is 83.8 Å². The first-order valence-electron chi connectivity index (χ1n) is 17.7. The van der Waals surface area contributed by atoms with Crippen LogP contribution in [-0.2, 0) is 71.6 Å². The molecule has 0 atom stereocenters. The van der Waals surface area contributed by atoms with Gasteiger partial charge in [0.25, 0.3) is 11.8 Å². The fourth-order valence-corrected chi connectivity index (χ4v) is 4.36. The minimum atomic E-state index is -1.09. The third kappa shape index (κ3) is 19.8. The van der Waals surface area contributed by atoms with Crippen LogP contribution in [0.2, 0.25) is 0 Å². The second kappa shape index (κ2) is 26.4. The van der Waals surface area contributed by atoms with Crippen LogP contribution >= 0.6 is 0 Å². The first kappa shape index (κ1) is 46.8. The molecule has 2 aliphatic rings. The van der Waals surface area contributed by atoms with Crippen molar-refractivity contribution < 1.29 is 71.6 Å². The molecule has 0 radical (unpaired) electrons. The molecule has 0 aromatic carbocycles. The zero-order valence-corrected chi connectivity index (χ0v) is 31.2. The Bertz CT molecular complexity index is 1420. The summed E-state index contributed by atoms with van der Waals surface area (Å²) < 4.78 is 26.4. The number of hydrogen-bond acceptors (Lipinski definition) is 15. The molecular weight excluding hydrogens is 748 g/mol. The number of ether oxygens (including phenoxy) is 5. The van der Waals surface area contributed by atoms with Gasteiger partial charge in [-0.3, -0.25) is 52.8 Å². The molecule has 1 saturated heterocycles. The van der Waals surface area contributed by atoms with Crippen molar-refractivity contribution in [3.63, 3.8) is 0 Å². The van der Waals surface area contributed by atoms with Gasteiger partial charge in [-0.15, -0.1) is 0 Å². The Kier molecular flexibility index (Phi) is 22.1. The molecule has 0 aromatic rings. The van der Waals surface area contributed by atoms with Crippen molar-refractivity contribution >= 4 is 58.9 Å². The summed E-state index contributed by atoms with van der Waals surface area (Å²) in [5.74, 6) is -5.22. The highest BCUT2D eigenvalue weighted by atomic mass is 16.6. The molecule has 2 rings (SSSR count). The van der Waals surface area contributed by atoms with E-state index in [1.54, 1.807) is 0 Å². The summed E-state index contributed by atoms with van der Waals surface area (Å²) >= 11 is 0. The van der Waals surface area contributed by atoms with E-state index in [4.69, 9.17) is 23.7 Å². The predicted molar refractivity (Wildman–Crippen MR) is 189 cm³/mol. The molecule has 0 unspecified atom stereocenters. The molecule has 23 nitrogen and oxygen atoms in total. The molecule has 9 amide bonds. The summed E-state index contributed by atoms with van der Waals surface area (Å²) in [5.41, 5.74) is -1.09. The molecule has 0 aliphatic carbocycles. The van der Waals surface area contributed by atoms with Gasteiger partial charge >= 0.3 is 0 Å². The number of hydrogen-bond donors (Lipinski definition) is 7. The van der Waals surface area contributed by atoms with E-state index < -0.39 is 79.0 Å². The van der Waals surface area contributed by atoms with Gasteiger partial charge in [0.15, 0.2) is 5.78 Å². The first-order valence-corrected chi connectivity index (χ1v) is 17.7. The van der Waals surface area contributed by atoms with Gasteiger partial charge in [0, 0.05) is 38.1 Å². The zero-order chi connectivity index (χ0) is 41.2. The highest BCUT2D eigenvalue weighted by Gasteiger charge is 2.44. The maximum Gasteiger partial charge on any atom is 0.253 e. The minimum absolute atomic E-state index is 0.00667. The van der Waals surface area contributed by atoms with E-state index in [1.165, 1.54) is 6.92 Å². The van der Waals surface area contributed by atoms with Gasteiger partial charge < -0.3 is 60.9 Å². The molecule has 0 spiro atoms. The Balaban J connectivity index is 1.32. The number of Topliss-reactive ketones (excluding diaryl/α,β-unsaturated/α-hetero) is 1.